The van der Waals surface area contributed by atoms with Crippen molar-refractivity contribution in [3.05, 3.63) is 58.9 Å². The first-order valence-corrected chi connectivity index (χ1v) is 9.14. The molecule has 2 aliphatic heterocycles. The minimum absolute atomic E-state index is 0.00421. The van der Waals surface area contributed by atoms with Crippen LogP contribution in [0.4, 0.5) is 0 Å². The van der Waals surface area contributed by atoms with Crippen molar-refractivity contribution in [1.29, 1.82) is 0 Å². The molecule has 1 fully saturated rings. The van der Waals surface area contributed by atoms with Crippen LogP contribution in [0.3, 0.4) is 0 Å². The maximum absolute atomic E-state index is 10.1. The molecule has 2 aromatic rings. The lowest BCUT2D eigenvalue weighted by Gasteiger charge is -2.28. The Morgan fingerprint density at radius 3 is 2.62 bits per heavy atom. The van der Waals surface area contributed by atoms with Crippen LogP contribution in [0.1, 0.15) is 41.4 Å². The highest BCUT2D eigenvalue weighted by atomic mass is 32.2. The van der Waals surface area contributed by atoms with E-state index in [0.717, 1.165) is 28.5 Å². The number of rotatable bonds is 2. The standard InChI is InChI=1S/C19H21N3OS/c1-11-8-14(9-12(2)18(11)23)17-16(15-6-4-5-7-20-15)21-19-22(17)10-13(3)24-19/h4-9,13,16-17,23H,10H2,1-3H3/t13-,16+,17+/m0/s1. The van der Waals surface area contributed by atoms with E-state index in [-0.39, 0.29) is 12.1 Å². The van der Waals surface area contributed by atoms with Crippen LogP contribution in [0.2, 0.25) is 0 Å². The minimum Gasteiger partial charge on any atom is -0.507 e. The Labute approximate surface area is 146 Å². The molecule has 0 spiro atoms. The van der Waals surface area contributed by atoms with Gasteiger partial charge in [-0.2, -0.15) is 0 Å². The van der Waals surface area contributed by atoms with Gasteiger partial charge < -0.3 is 10.0 Å². The quantitative estimate of drug-likeness (QED) is 0.899. The molecular weight excluding hydrogens is 318 g/mol. The monoisotopic (exact) mass is 339 g/mol. The van der Waals surface area contributed by atoms with Crippen molar-refractivity contribution in [3.8, 4) is 5.75 Å². The van der Waals surface area contributed by atoms with Crippen molar-refractivity contribution >= 4 is 16.9 Å². The van der Waals surface area contributed by atoms with Crippen molar-refractivity contribution in [3.63, 3.8) is 0 Å². The van der Waals surface area contributed by atoms with E-state index in [1.54, 1.807) is 0 Å². The van der Waals surface area contributed by atoms with Crippen LogP contribution in [-0.4, -0.2) is 32.0 Å². The van der Waals surface area contributed by atoms with Gasteiger partial charge in [-0.25, -0.2) is 0 Å². The Kier molecular flexibility index (Phi) is 3.76. The average molecular weight is 339 g/mol. The number of fused-ring (bicyclic) bond motifs is 1. The zero-order chi connectivity index (χ0) is 16.8. The third-order valence-electron chi connectivity index (χ3n) is 4.74. The van der Waals surface area contributed by atoms with Gasteiger partial charge in [0.15, 0.2) is 5.17 Å². The van der Waals surface area contributed by atoms with Gasteiger partial charge in [0.2, 0.25) is 0 Å². The van der Waals surface area contributed by atoms with E-state index in [1.165, 1.54) is 5.56 Å². The molecule has 0 unspecified atom stereocenters. The highest BCUT2D eigenvalue weighted by Gasteiger charge is 2.43. The number of phenols is 1. The number of hydrogen-bond acceptors (Lipinski definition) is 5. The van der Waals surface area contributed by atoms with E-state index in [4.69, 9.17) is 4.99 Å². The minimum atomic E-state index is 0.00421. The molecule has 1 N–H and O–H groups in total. The third kappa shape index (κ3) is 2.47. The average Bonchev–Trinajstić information content (AvgIpc) is 3.08. The number of aliphatic imine (C=N–C) groups is 1. The second-order valence-electron chi connectivity index (χ2n) is 6.64. The van der Waals surface area contributed by atoms with Gasteiger partial charge in [0.1, 0.15) is 11.8 Å². The van der Waals surface area contributed by atoms with Crippen LogP contribution in [0, 0.1) is 13.8 Å². The van der Waals surface area contributed by atoms with Crippen molar-refractivity contribution < 1.29 is 5.11 Å². The van der Waals surface area contributed by atoms with Crippen LogP contribution in [0.15, 0.2) is 41.5 Å². The molecule has 5 heteroatoms. The van der Waals surface area contributed by atoms with Gasteiger partial charge in [-0.05, 0) is 42.7 Å². The highest BCUT2D eigenvalue weighted by Crippen LogP contribution is 2.48. The number of benzene rings is 1. The number of thioether (sulfide) groups is 1. The number of nitrogens with zero attached hydrogens (tertiary/aromatic N) is 3. The Bertz CT molecular complexity index is 783. The number of pyridine rings is 1. The first-order chi connectivity index (χ1) is 11.5. The van der Waals surface area contributed by atoms with E-state index in [9.17, 15) is 5.11 Å². The zero-order valence-electron chi connectivity index (χ0n) is 14.1. The molecule has 0 saturated carbocycles. The number of aryl methyl sites for hydroxylation is 2. The first-order valence-electron chi connectivity index (χ1n) is 8.26. The van der Waals surface area contributed by atoms with Crippen LogP contribution in [0.5, 0.6) is 5.75 Å². The molecular formula is C19H21N3OS. The molecule has 24 heavy (non-hydrogen) atoms. The summed E-state index contributed by atoms with van der Waals surface area (Å²) in [5.74, 6) is 0.386. The molecule has 1 saturated heterocycles. The highest BCUT2D eigenvalue weighted by molar-refractivity contribution is 8.14. The van der Waals surface area contributed by atoms with E-state index < -0.39 is 0 Å². The summed E-state index contributed by atoms with van der Waals surface area (Å²) in [4.78, 5) is 11.9. The summed E-state index contributed by atoms with van der Waals surface area (Å²) in [5.41, 5.74) is 4.03. The van der Waals surface area contributed by atoms with Gasteiger partial charge in [0.05, 0.1) is 11.7 Å². The zero-order valence-corrected chi connectivity index (χ0v) is 14.9. The molecule has 124 valence electrons. The second-order valence-corrected chi connectivity index (χ2v) is 8.05. The molecule has 0 bridgehead atoms. The fraction of sp³-hybridized carbons (Fsp3) is 0.368. The van der Waals surface area contributed by atoms with Gasteiger partial charge in [-0.3, -0.25) is 9.98 Å². The fourth-order valence-electron chi connectivity index (χ4n) is 3.64. The lowest BCUT2D eigenvalue weighted by atomic mass is 9.93. The molecule has 0 aliphatic carbocycles. The fourth-order valence-corrected chi connectivity index (χ4v) is 4.73. The van der Waals surface area contributed by atoms with E-state index in [2.05, 4.69) is 35.0 Å². The molecule has 4 nitrogen and oxygen atoms in total. The number of amidine groups is 1. The number of aromatic nitrogens is 1. The van der Waals surface area contributed by atoms with Gasteiger partial charge >= 0.3 is 0 Å². The molecule has 1 aromatic carbocycles. The topological polar surface area (TPSA) is 48.7 Å². The third-order valence-corrected chi connectivity index (χ3v) is 5.84. The Hall–Kier alpha value is -2.01. The van der Waals surface area contributed by atoms with Crippen molar-refractivity contribution in [2.45, 2.75) is 38.1 Å². The van der Waals surface area contributed by atoms with Crippen molar-refractivity contribution in [2.75, 3.05) is 6.54 Å². The molecule has 2 aliphatic rings. The van der Waals surface area contributed by atoms with Crippen LogP contribution in [0.25, 0.3) is 0 Å². The largest absolute Gasteiger partial charge is 0.507 e. The Balaban J connectivity index is 1.81. The van der Waals surface area contributed by atoms with Gasteiger partial charge in [-0.15, -0.1) is 0 Å². The maximum Gasteiger partial charge on any atom is 0.160 e. The summed E-state index contributed by atoms with van der Waals surface area (Å²) in [7, 11) is 0. The molecule has 1 aromatic heterocycles. The molecule has 3 heterocycles. The molecule has 0 radical (unpaired) electrons. The summed E-state index contributed by atoms with van der Waals surface area (Å²) in [6.45, 7) is 7.15. The Morgan fingerprint density at radius 1 is 1.21 bits per heavy atom. The molecule has 0 amide bonds. The number of hydrogen-bond donors (Lipinski definition) is 1. The number of aromatic hydroxyl groups is 1. The van der Waals surface area contributed by atoms with Crippen molar-refractivity contribution in [2.24, 2.45) is 4.99 Å². The molecule has 4 rings (SSSR count). The second kappa shape index (κ2) is 5.81. The first kappa shape index (κ1) is 15.5. The van der Waals surface area contributed by atoms with Crippen LogP contribution >= 0.6 is 11.8 Å². The summed E-state index contributed by atoms with van der Waals surface area (Å²) < 4.78 is 0. The number of phenolic OH excluding ortho intramolecular Hbond substituents is 1. The van der Waals surface area contributed by atoms with Gasteiger partial charge in [0, 0.05) is 18.0 Å². The lowest BCUT2D eigenvalue weighted by molar-refractivity contribution is 0.320. The summed E-state index contributed by atoms with van der Waals surface area (Å²) in [6, 6.07) is 10.3. The van der Waals surface area contributed by atoms with Crippen LogP contribution in [-0.2, 0) is 0 Å². The van der Waals surface area contributed by atoms with Gasteiger partial charge in [-0.1, -0.05) is 36.9 Å². The SMILES string of the molecule is Cc1cc([C@@H]2[C@@H](c3ccccn3)N=C3S[C@@H](C)CN32)cc(C)c1O. The van der Waals surface area contributed by atoms with E-state index in [0.29, 0.717) is 11.0 Å². The van der Waals surface area contributed by atoms with E-state index >= 15 is 0 Å². The predicted molar refractivity (Wildman–Crippen MR) is 98.5 cm³/mol. The lowest BCUT2D eigenvalue weighted by Crippen LogP contribution is -2.28. The summed E-state index contributed by atoms with van der Waals surface area (Å²) in [6.07, 6.45) is 1.83. The van der Waals surface area contributed by atoms with Crippen LogP contribution < -0.4 is 0 Å². The smallest absolute Gasteiger partial charge is 0.160 e. The molecule has 3 atom stereocenters. The summed E-state index contributed by atoms with van der Waals surface area (Å²) in [5, 5.41) is 11.8. The Morgan fingerprint density at radius 2 is 1.96 bits per heavy atom. The summed E-state index contributed by atoms with van der Waals surface area (Å²) >= 11 is 1.84. The maximum atomic E-state index is 10.1. The van der Waals surface area contributed by atoms with Gasteiger partial charge in [0.25, 0.3) is 0 Å². The predicted octanol–water partition coefficient (Wildman–Crippen LogP) is 3.99. The normalized spacial score (nSPS) is 25.7. The van der Waals surface area contributed by atoms with E-state index in [1.807, 2.05) is 43.9 Å². The van der Waals surface area contributed by atoms with Crippen molar-refractivity contribution in [1.82, 2.24) is 9.88 Å².